The number of rotatable bonds is 11. The van der Waals surface area contributed by atoms with Crippen LogP contribution in [0.5, 0.6) is 0 Å². The van der Waals surface area contributed by atoms with Crippen LogP contribution in [0.4, 0.5) is 5.82 Å². The summed E-state index contributed by atoms with van der Waals surface area (Å²) in [5.41, 5.74) is 1.58. The second kappa shape index (κ2) is 11.7. The largest absolute Gasteiger partial charge is 0.480 e. The summed E-state index contributed by atoms with van der Waals surface area (Å²) < 4.78 is 29.0. The van der Waals surface area contributed by atoms with E-state index in [9.17, 15) is 23.1 Å². The lowest BCUT2D eigenvalue weighted by Gasteiger charge is -2.35. The molecule has 1 aromatic heterocycles. The number of hydrogen-bond acceptors (Lipinski definition) is 8. The van der Waals surface area contributed by atoms with E-state index >= 15 is 0 Å². The van der Waals surface area contributed by atoms with Gasteiger partial charge >= 0.3 is 5.97 Å². The normalized spacial score (nSPS) is 22.4. The SMILES string of the molecule is Cc1cc(C)c(S(=O)(=O)N[C@H](C(=O)O)C(NC=O)C2=NOC3(CCC(CNc4ccccn4)CC3)C2)c(C)c1. The number of carboxylic acids is 1. The highest BCUT2D eigenvalue weighted by Gasteiger charge is 2.47. The number of carbonyl (C=O) groups is 2. The van der Waals surface area contributed by atoms with Gasteiger partial charge in [-0.15, -0.1) is 0 Å². The van der Waals surface area contributed by atoms with Gasteiger partial charge in [0, 0.05) is 19.2 Å². The van der Waals surface area contributed by atoms with Crippen molar-refractivity contribution in [1.29, 1.82) is 0 Å². The number of hydrogen-bond donors (Lipinski definition) is 4. The van der Waals surface area contributed by atoms with Crippen molar-refractivity contribution in [3.05, 3.63) is 53.2 Å². The van der Waals surface area contributed by atoms with Gasteiger partial charge < -0.3 is 20.6 Å². The van der Waals surface area contributed by atoms with Crippen molar-refractivity contribution in [3.8, 4) is 0 Å². The Bertz CT molecular complexity index is 1320. The molecule has 1 fully saturated rings. The van der Waals surface area contributed by atoms with Gasteiger partial charge in [0.2, 0.25) is 16.4 Å². The second-order valence-electron chi connectivity index (χ2n) is 10.5. The maximum Gasteiger partial charge on any atom is 0.324 e. The summed E-state index contributed by atoms with van der Waals surface area (Å²) >= 11 is 0. The zero-order valence-corrected chi connectivity index (χ0v) is 23.1. The van der Waals surface area contributed by atoms with Crippen molar-refractivity contribution in [2.45, 2.75) is 75.5 Å². The summed E-state index contributed by atoms with van der Waals surface area (Å²) in [7, 11) is -4.24. The second-order valence-corrected chi connectivity index (χ2v) is 12.2. The van der Waals surface area contributed by atoms with Crippen molar-refractivity contribution < 1.29 is 28.0 Å². The molecule has 1 spiro atoms. The summed E-state index contributed by atoms with van der Waals surface area (Å²) in [6, 6.07) is 6.24. The molecule has 1 aromatic carbocycles. The molecule has 1 amide bonds. The number of carbonyl (C=O) groups excluding carboxylic acids is 1. The van der Waals surface area contributed by atoms with Crippen LogP contribution in [0.15, 0.2) is 46.6 Å². The maximum atomic E-state index is 13.3. The van der Waals surface area contributed by atoms with Crippen LogP contribution >= 0.6 is 0 Å². The number of benzene rings is 1. The average molecular weight is 558 g/mol. The zero-order valence-electron chi connectivity index (χ0n) is 22.3. The maximum absolute atomic E-state index is 13.3. The summed E-state index contributed by atoms with van der Waals surface area (Å²) in [5.74, 6) is -0.205. The number of amides is 1. The zero-order chi connectivity index (χ0) is 28.2. The fourth-order valence-corrected chi connectivity index (χ4v) is 7.30. The van der Waals surface area contributed by atoms with E-state index < -0.39 is 33.7 Å². The van der Waals surface area contributed by atoms with Crippen LogP contribution in [0.2, 0.25) is 0 Å². The molecule has 12 heteroatoms. The Morgan fingerprint density at radius 3 is 2.49 bits per heavy atom. The molecule has 11 nitrogen and oxygen atoms in total. The van der Waals surface area contributed by atoms with Crippen molar-refractivity contribution >= 4 is 33.9 Å². The van der Waals surface area contributed by atoms with E-state index in [1.165, 1.54) is 0 Å². The van der Waals surface area contributed by atoms with Gasteiger partial charge in [-0.05, 0) is 75.6 Å². The first-order valence-electron chi connectivity index (χ1n) is 13.0. The third kappa shape index (κ3) is 6.56. The molecule has 2 aliphatic rings. The van der Waals surface area contributed by atoms with E-state index in [-0.39, 0.29) is 4.90 Å². The molecule has 2 heterocycles. The number of aryl methyl sites for hydroxylation is 3. The van der Waals surface area contributed by atoms with E-state index in [4.69, 9.17) is 4.84 Å². The molecule has 1 unspecified atom stereocenters. The van der Waals surface area contributed by atoms with Crippen LogP contribution < -0.4 is 15.4 Å². The van der Waals surface area contributed by atoms with E-state index in [1.54, 1.807) is 32.2 Å². The molecular formula is C27H35N5O6S. The Morgan fingerprint density at radius 2 is 1.90 bits per heavy atom. The minimum Gasteiger partial charge on any atom is -0.480 e. The summed E-state index contributed by atoms with van der Waals surface area (Å²) in [5, 5.41) is 20.0. The highest BCUT2D eigenvalue weighted by Crippen LogP contribution is 2.41. The molecule has 2 aromatic rings. The lowest BCUT2D eigenvalue weighted by molar-refractivity contribution is -0.139. The molecule has 0 radical (unpaired) electrons. The number of aromatic nitrogens is 1. The van der Waals surface area contributed by atoms with Crippen LogP contribution in [0.3, 0.4) is 0 Å². The minimum atomic E-state index is -4.24. The van der Waals surface area contributed by atoms with Crippen molar-refractivity contribution in [2.75, 3.05) is 11.9 Å². The Kier molecular flexibility index (Phi) is 8.55. The number of nitrogens with zero attached hydrogens (tertiary/aromatic N) is 2. The van der Waals surface area contributed by atoms with E-state index in [0.717, 1.165) is 30.8 Å². The number of aliphatic carboxylic acids is 1. The molecule has 2 atom stereocenters. The molecule has 39 heavy (non-hydrogen) atoms. The molecule has 0 bridgehead atoms. The van der Waals surface area contributed by atoms with Gasteiger partial charge in [-0.3, -0.25) is 9.59 Å². The van der Waals surface area contributed by atoms with Crippen molar-refractivity contribution in [1.82, 2.24) is 15.0 Å². The summed E-state index contributed by atoms with van der Waals surface area (Å²) in [4.78, 5) is 34.0. The molecule has 210 valence electrons. The number of nitrogens with one attached hydrogen (secondary N) is 3. The Hall–Kier alpha value is -3.51. The quantitative estimate of drug-likeness (QED) is 0.307. The van der Waals surface area contributed by atoms with Gasteiger partial charge in [0.15, 0.2) is 0 Å². The lowest BCUT2D eigenvalue weighted by Crippen LogP contribution is -2.57. The number of pyridine rings is 1. The van der Waals surface area contributed by atoms with Crippen molar-refractivity contribution in [3.63, 3.8) is 0 Å². The minimum absolute atomic E-state index is 0.0166. The Labute approximate surface area is 228 Å². The smallest absolute Gasteiger partial charge is 0.324 e. The monoisotopic (exact) mass is 557 g/mol. The molecule has 4 N–H and O–H groups in total. The lowest BCUT2D eigenvalue weighted by atomic mass is 9.75. The Morgan fingerprint density at radius 1 is 1.21 bits per heavy atom. The highest BCUT2D eigenvalue weighted by molar-refractivity contribution is 7.89. The van der Waals surface area contributed by atoms with Crippen LogP contribution in [0.1, 0.15) is 48.8 Å². The van der Waals surface area contributed by atoms with Gasteiger partial charge in [0.05, 0.1) is 16.6 Å². The third-order valence-corrected chi connectivity index (χ3v) is 9.22. The van der Waals surface area contributed by atoms with Gasteiger partial charge in [-0.25, -0.2) is 13.4 Å². The predicted octanol–water partition coefficient (Wildman–Crippen LogP) is 2.67. The molecule has 1 aliphatic carbocycles. The van der Waals surface area contributed by atoms with E-state index in [0.29, 0.717) is 48.4 Å². The van der Waals surface area contributed by atoms with Crippen LogP contribution in [0, 0.1) is 26.7 Å². The van der Waals surface area contributed by atoms with Gasteiger partial charge in [0.25, 0.3) is 0 Å². The number of anilines is 1. The van der Waals surface area contributed by atoms with Gasteiger partial charge in [-0.2, -0.15) is 4.72 Å². The first-order chi connectivity index (χ1) is 18.5. The number of carboxylic acid groups (broad SMARTS) is 1. The van der Waals surface area contributed by atoms with E-state index in [2.05, 4.69) is 25.5 Å². The highest BCUT2D eigenvalue weighted by atomic mass is 32.2. The Balaban J connectivity index is 1.45. The summed E-state index contributed by atoms with van der Waals surface area (Å²) in [6.45, 7) is 5.95. The van der Waals surface area contributed by atoms with Crippen LogP contribution in [-0.2, 0) is 24.4 Å². The number of sulfonamides is 1. The standard InChI is InChI=1S/C27H35N5O6S/c1-17-12-18(2)25(19(3)13-17)39(36,37)32-24(26(34)35)23(30-16-33)21-14-27(38-31-21)9-7-20(8-10-27)15-29-22-6-4-5-11-28-22/h4-6,11-13,16,20,23-24,32H,7-10,14-15H2,1-3H3,(H,28,29)(H,30,33)(H,34,35)/t20?,23?,24-,27?/m0/s1. The van der Waals surface area contributed by atoms with Crippen molar-refractivity contribution in [2.24, 2.45) is 11.1 Å². The van der Waals surface area contributed by atoms with E-state index in [1.807, 2.05) is 25.1 Å². The number of oxime groups is 1. The van der Waals surface area contributed by atoms with Crippen LogP contribution in [0.25, 0.3) is 0 Å². The van der Waals surface area contributed by atoms with Crippen LogP contribution in [-0.4, -0.2) is 60.8 Å². The first kappa shape index (κ1) is 28.5. The predicted molar refractivity (Wildman–Crippen MR) is 146 cm³/mol. The molecular weight excluding hydrogens is 522 g/mol. The van der Waals surface area contributed by atoms with Gasteiger partial charge in [0.1, 0.15) is 17.5 Å². The fraction of sp³-hybridized carbons (Fsp3) is 0.481. The molecule has 4 rings (SSSR count). The average Bonchev–Trinajstić information content (AvgIpc) is 3.28. The first-order valence-corrected chi connectivity index (χ1v) is 14.4. The fourth-order valence-electron chi connectivity index (χ4n) is 5.64. The molecule has 0 saturated heterocycles. The molecule has 1 saturated carbocycles. The third-order valence-electron chi connectivity index (χ3n) is 7.47. The topological polar surface area (TPSA) is 159 Å². The van der Waals surface area contributed by atoms with Gasteiger partial charge in [-0.1, -0.05) is 28.9 Å². The summed E-state index contributed by atoms with van der Waals surface area (Å²) in [6.07, 6.45) is 5.53. The molecule has 1 aliphatic heterocycles.